The molecule has 1 fully saturated rings. The van der Waals surface area contributed by atoms with Crippen molar-refractivity contribution < 1.29 is 0 Å². The van der Waals surface area contributed by atoms with E-state index in [1.807, 2.05) is 0 Å². The Hall–Kier alpha value is -0.600. The van der Waals surface area contributed by atoms with Gasteiger partial charge >= 0.3 is 0 Å². The van der Waals surface area contributed by atoms with Crippen molar-refractivity contribution in [3.8, 4) is 0 Å². The van der Waals surface area contributed by atoms with Gasteiger partial charge in [-0.1, -0.05) is 56.1 Å². The number of hydrogen-bond donors (Lipinski definition) is 0. The summed E-state index contributed by atoms with van der Waals surface area (Å²) >= 11 is 6.96. The third-order valence-corrected chi connectivity index (χ3v) is 4.44. The maximum atomic E-state index is 3.48. The van der Waals surface area contributed by atoms with Gasteiger partial charge in [-0.2, -0.15) is 0 Å². The predicted octanol–water partition coefficient (Wildman–Crippen LogP) is 5.48. The van der Waals surface area contributed by atoms with Crippen LogP contribution in [0.3, 0.4) is 0 Å². The lowest BCUT2D eigenvalue weighted by Crippen LogP contribution is -1.84. The molecular weight excluding hydrogens is 340 g/mol. The fraction of sp³-hybridized carbons (Fsp3) is 0.200. The Morgan fingerprint density at radius 1 is 0.647 bits per heavy atom. The molecule has 0 bridgehead atoms. The molecule has 1 aliphatic carbocycles. The van der Waals surface area contributed by atoms with Gasteiger partial charge in [0.15, 0.2) is 0 Å². The van der Waals surface area contributed by atoms with Crippen LogP contribution in [0, 0.1) is 0 Å². The number of halogens is 2. The van der Waals surface area contributed by atoms with Crippen LogP contribution >= 0.6 is 31.9 Å². The Labute approximate surface area is 118 Å². The van der Waals surface area contributed by atoms with Crippen LogP contribution in [-0.2, 0) is 0 Å². The van der Waals surface area contributed by atoms with E-state index in [-0.39, 0.29) is 0 Å². The van der Waals surface area contributed by atoms with Gasteiger partial charge in [0.2, 0.25) is 0 Å². The van der Waals surface area contributed by atoms with Gasteiger partial charge in [0.1, 0.15) is 0 Å². The Bertz CT molecular complexity index is 464. The van der Waals surface area contributed by atoms with Crippen LogP contribution in [0.2, 0.25) is 0 Å². The molecular formula is C15H12Br2. The molecule has 0 amide bonds. The summed E-state index contributed by atoms with van der Waals surface area (Å²) in [6.07, 6.45) is 1.28. The van der Waals surface area contributed by atoms with Crippen molar-refractivity contribution in [1.29, 1.82) is 0 Å². The van der Waals surface area contributed by atoms with E-state index in [0.29, 0.717) is 11.8 Å². The molecule has 2 aromatic rings. The van der Waals surface area contributed by atoms with Gasteiger partial charge in [0.05, 0.1) is 0 Å². The van der Waals surface area contributed by atoms with E-state index in [1.165, 1.54) is 17.5 Å². The van der Waals surface area contributed by atoms with Gasteiger partial charge in [-0.15, -0.1) is 0 Å². The van der Waals surface area contributed by atoms with Gasteiger partial charge in [-0.25, -0.2) is 0 Å². The zero-order chi connectivity index (χ0) is 11.8. The first-order valence-electron chi connectivity index (χ1n) is 5.75. The summed E-state index contributed by atoms with van der Waals surface area (Å²) in [6.45, 7) is 0. The van der Waals surface area contributed by atoms with Crippen LogP contribution in [-0.4, -0.2) is 0 Å². The molecule has 0 nitrogen and oxygen atoms in total. The van der Waals surface area contributed by atoms with Crippen LogP contribution in [0.15, 0.2) is 57.5 Å². The molecule has 0 radical (unpaired) electrons. The number of benzene rings is 2. The third-order valence-electron chi connectivity index (χ3n) is 3.39. The Morgan fingerprint density at radius 3 is 1.35 bits per heavy atom. The average Bonchev–Trinajstić information content (AvgIpc) is 3.11. The lowest BCUT2D eigenvalue weighted by Gasteiger charge is -2.02. The summed E-state index contributed by atoms with van der Waals surface area (Å²) in [5, 5.41) is 0. The summed E-state index contributed by atoms with van der Waals surface area (Å²) in [4.78, 5) is 0. The van der Waals surface area contributed by atoms with E-state index in [1.54, 1.807) is 0 Å². The second-order valence-electron chi connectivity index (χ2n) is 4.55. The highest BCUT2D eigenvalue weighted by atomic mass is 79.9. The Balaban J connectivity index is 1.78. The topological polar surface area (TPSA) is 0 Å². The molecule has 1 saturated carbocycles. The number of hydrogen-bond acceptors (Lipinski definition) is 0. The molecule has 0 heterocycles. The molecule has 0 saturated heterocycles. The first-order valence-corrected chi connectivity index (χ1v) is 7.33. The maximum absolute atomic E-state index is 3.48. The van der Waals surface area contributed by atoms with Gasteiger partial charge in [-0.05, 0) is 53.6 Å². The second-order valence-corrected chi connectivity index (χ2v) is 6.38. The molecule has 0 N–H and O–H groups in total. The van der Waals surface area contributed by atoms with E-state index in [0.717, 1.165) is 8.95 Å². The smallest absolute Gasteiger partial charge is 0.0175 e. The van der Waals surface area contributed by atoms with Gasteiger partial charge in [0, 0.05) is 8.95 Å². The fourth-order valence-corrected chi connectivity index (χ4v) is 2.88. The zero-order valence-electron chi connectivity index (χ0n) is 9.24. The molecule has 17 heavy (non-hydrogen) atoms. The molecule has 0 spiro atoms. The Kier molecular flexibility index (Phi) is 3.10. The first-order chi connectivity index (χ1) is 8.24. The molecule has 0 aliphatic heterocycles. The lowest BCUT2D eigenvalue weighted by atomic mass is 10.0. The molecule has 2 aromatic carbocycles. The van der Waals surface area contributed by atoms with Crippen molar-refractivity contribution in [3.05, 3.63) is 68.6 Å². The fourth-order valence-electron chi connectivity index (χ4n) is 2.35. The van der Waals surface area contributed by atoms with Crippen molar-refractivity contribution in [2.75, 3.05) is 0 Å². The summed E-state index contributed by atoms with van der Waals surface area (Å²) in [6, 6.07) is 17.4. The highest BCUT2D eigenvalue weighted by molar-refractivity contribution is 9.10. The molecule has 2 unspecified atom stereocenters. The van der Waals surface area contributed by atoms with Crippen LogP contribution < -0.4 is 0 Å². The molecule has 3 rings (SSSR count). The normalized spacial score (nSPS) is 22.5. The highest BCUT2D eigenvalue weighted by Crippen LogP contribution is 2.54. The molecule has 86 valence electrons. The predicted molar refractivity (Wildman–Crippen MR) is 78.4 cm³/mol. The van der Waals surface area contributed by atoms with E-state index in [4.69, 9.17) is 0 Å². The summed E-state index contributed by atoms with van der Waals surface area (Å²) < 4.78 is 2.31. The van der Waals surface area contributed by atoms with E-state index < -0.39 is 0 Å². The summed E-state index contributed by atoms with van der Waals surface area (Å²) in [5.74, 6) is 1.42. The molecule has 0 aromatic heterocycles. The third kappa shape index (κ3) is 2.48. The SMILES string of the molecule is Brc1ccc(C2CC2c2ccc(Br)cc2)cc1. The molecule has 2 heteroatoms. The summed E-state index contributed by atoms with van der Waals surface area (Å²) in [5.41, 5.74) is 2.92. The van der Waals surface area contributed by atoms with E-state index in [9.17, 15) is 0 Å². The molecule has 1 aliphatic rings. The first kappa shape index (κ1) is 11.5. The van der Waals surface area contributed by atoms with Gasteiger partial charge < -0.3 is 0 Å². The molecule has 2 atom stereocenters. The summed E-state index contributed by atoms with van der Waals surface area (Å²) in [7, 11) is 0. The van der Waals surface area contributed by atoms with E-state index >= 15 is 0 Å². The van der Waals surface area contributed by atoms with E-state index in [2.05, 4.69) is 80.4 Å². The van der Waals surface area contributed by atoms with Crippen molar-refractivity contribution in [2.45, 2.75) is 18.3 Å². The van der Waals surface area contributed by atoms with Crippen molar-refractivity contribution in [3.63, 3.8) is 0 Å². The minimum absolute atomic E-state index is 0.712. The second kappa shape index (κ2) is 4.58. The zero-order valence-corrected chi connectivity index (χ0v) is 12.4. The average molecular weight is 352 g/mol. The Morgan fingerprint density at radius 2 is 1.00 bits per heavy atom. The van der Waals surface area contributed by atoms with Gasteiger partial charge in [0.25, 0.3) is 0 Å². The van der Waals surface area contributed by atoms with Crippen LogP contribution in [0.5, 0.6) is 0 Å². The minimum Gasteiger partial charge on any atom is -0.0576 e. The van der Waals surface area contributed by atoms with Crippen molar-refractivity contribution in [2.24, 2.45) is 0 Å². The van der Waals surface area contributed by atoms with Crippen LogP contribution in [0.4, 0.5) is 0 Å². The van der Waals surface area contributed by atoms with Crippen LogP contribution in [0.1, 0.15) is 29.4 Å². The van der Waals surface area contributed by atoms with Crippen LogP contribution in [0.25, 0.3) is 0 Å². The standard InChI is InChI=1S/C15H12Br2/c16-12-5-1-10(2-6-12)14-9-15(14)11-3-7-13(17)8-4-11/h1-8,14-15H,9H2. The number of rotatable bonds is 2. The maximum Gasteiger partial charge on any atom is 0.0175 e. The highest BCUT2D eigenvalue weighted by Gasteiger charge is 2.39. The van der Waals surface area contributed by atoms with Gasteiger partial charge in [-0.3, -0.25) is 0 Å². The lowest BCUT2D eigenvalue weighted by molar-refractivity contribution is 1.03. The largest absolute Gasteiger partial charge is 0.0576 e. The quantitative estimate of drug-likeness (QED) is 0.671. The van der Waals surface area contributed by atoms with Crippen molar-refractivity contribution >= 4 is 31.9 Å². The monoisotopic (exact) mass is 350 g/mol. The minimum atomic E-state index is 0.712. The van der Waals surface area contributed by atoms with Crippen molar-refractivity contribution in [1.82, 2.24) is 0 Å².